The molecule has 0 radical (unpaired) electrons. The Morgan fingerprint density at radius 1 is 0.981 bits per heavy atom. The monoisotopic (exact) mass is 747 g/mol. The van der Waals surface area contributed by atoms with Crippen LogP contribution in [0.25, 0.3) is 11.0 Å². The average molecular weight is 748 g/mol. The first-order chi connectivity index (χ1) is 25.4. The van der Waals surface area contributed by atoms with Crippen LogP contribution in [0.15, 0.2) is 33.5 Å². The number of nitrogens with one attached hydrogen (secondary N) is 1. The van der Waals surface area contributed by atoms with Gasteiger partial charge in [0.05, 0.1) is 36.4 Å². The van der Waals surface area contributed by atoms with Crippen molar-refractivity contribution in [2.75, 3.05) is 64.9 Å². The third-order valence-corrected chi connectivity index (χ3v) is 13.6. The van der Waals surface area contributed by atoms with Gasteiger partial charge < -0.3 is 23.7 Å². The van der Waals surface area contributed by atoms with Gasteiger partial charge in [0.2, 0.25) is 0 Å². The maximum atomic E-state index is 14.1. The first-order valence-electron chi connectivity index (χ1n) is 18.9. The number of carbonyl (C=O) groups is 2. The van der Waals surface area contributed by atoms with Gasteiger partial charge in [-0.25, -0.2) is 9.52 Å². The minimum Gasteiger partial charge on any atom is -0.490 e. The summed E-state index contributed by atoms with van der Waals surface area (Å²) in [6.45, 7) is 8.45. The van der Waals surface area contributed by atoms with Crippen LogP contribution in [-0.4, -0.2) is 107 Å². The molecule has 5 aliphatic rings. The highest BCUT2D eigenvalue weighted by Crippen LogP contribution is 2.52. The highest BCUT2D eigenvalue weighted by atomic mass is 32.2. The van der Waals surface area contributed by atoms with E-state index >= 15 is 0 Å². The van der Waals surface area contributed by atoms with Gasteiger partial charge in [0.15, 0.2) is 0 Å². The minimum atomic E-state index is -4.01. The summed E-state index contributed by atoms with van der Waals surface area (Å²) in [5, 5.41) is 0.931. The molecule has 53 heavy (non-hydrogen) atoms. The number of carbonyl (C=O) groups excluding carboxylic acids is 2. The van der Waals surface area contributed by atoms with Gasteiger partial charge in [0.25, 0.3) is 11.8 Å². The molecular formula is C39H49N5O8S. The SMILES string of the molecule is COC[C@H]1CN(c2cc(C)c3c4c(c(=O)oc3c2C)CN(C(=O)c2ccc(C(=O)NS(=O)(=O)N3CCCC3)c(OC3CC5CC5C3)c2)CC4)CCN1C. The van der Waals surface area contributed by atoms with Crippen molar-refractivity contribution in [3.8, 4) is 5.75 Å². The molecule has 3 aromatic rings. The van der Waals surface area contributed by atoms with Crippen LogP contribution in [0.1, 0.15) is 75.1 Å². The van der Waals surface area contributed by atoms with Crippen LogP contribution in [0, 0.1) is 25.7 Å². The Morgan fingerprint density at radius 2 is 1.74 bits per heavy atom. The minimum absolute atomic E-state index is 0.0667. The molecule has 2 aliphatic carbocycles. The molecule has 4 fully saturated rings. The van der Waals surface area contributed by atoms with Gasteiger partial charge in [-0.1, -0.05) is 0 Å². The summed E-state index contributed by atoms with van der Waals surface area (Å²) in [5.41, 5.74) is 4.90. The smallest absolute Gasteiger partial charge is 0.341 e. The van der Waals surface area contributed by atoms with Crippen molar-refractivity contribution >= 4 is 38.7 Å². The lowest BCUT2D eigenvalue weighted by Crippen LogP contribution is -2.53. The topological polar surface area (TPSA) is 142 Å². The van der Waals surface area contributed by atoms with E-state index in [0.717, 1.165) is 73.1 Å². The van der Waals surface area contributed by atoms with Crippen molar-refractivity contribution in [2.45, 2.75) is 71.1 Å². The van der Waals surface area contributed by atoms with Gasteiger partial charge in [-0.2, -0.15) is 12.7 Å². The molecule has 0 bridgehead atoms. The van der Waals surface area contributed by atoms with Gasteiger partial charge in [-0.05, 0) is 107 Å². The van der Waals surface area contributed by atoms with E-state index in [1.165, 1.54) is 22.9 Å². The zero-order valence-electron chi connectivity index (χ0n) is 31.0. The molecule has 14 heteroatoms. The fourth-order valence-corrected chi connectivity index (χ4v) is 10.2. The Balaban J connectivity index is 1.05. The molecule has 4 heterocycles. The lowest BCUT2D eigenvalue weighted by atomic mass is 9.92. The standard InChI is InChI=1S/C39H49N5O8S/c1-23-15-33(42-14-13-41(3)28(20-42)22-50-4)24(2)36-35(23)30-9-12-43(21-32(30)39(47)52-36)38(46)25-7-8-31(34(19-25)51-29-17-26-16-27(26)18-29)37(45)40-53(48,49)44-10-5-6-11-44/h7-8,15,19,26-29H,5-6,9-14,16-18,20-22H2,1-4H3,(H,40,45)/t26?,27?,28-,29?/m1/s1. The van der Waals surface area contributed by atoms with Crippen molar-refractivity contribution < 1.29 is 31.9 Å². The van der Waals surface area contributed by atoms with Crippen LogP contribution in [0.2, 0.25) is 0 Å². The zero-order chi connectivity index (χ0) is 37.2. The molecule has 2 saturated heterocycles. The number of likely N-dealkylation sites (N-methyl/N-ethyl adjacent to an activating group) is 1. The number of fused-ring (bicyclic) bond motifs is 4. The highest BCUT2D eigenvalue weighted by Gasteiger charge is 2.47. The van der Waals surface area contributed by atoms with Crippen LogP contribution in [0.4, 0.5) is 5.69 Å². The molecular weight excluding hydrogens is 699 g/mol. The van der Waals surface area contributed by atoms with E-state index < -0.39 is 21.7 Å². The van der Waals surface area contributed by atoms with E-state index in [0.29, 0.717) is 61.2 Å². The van der Waals surface area contributed by atoms with Crippen LogP contribution in [0.5, 0.6) is 5.75 Å². The summed E-state index contributed by atoms with van der Waals surface area (Å²) in [4.78, 5) is 47.4. The Labute approximate surface area is 310 Å². The van der Waals surface area contributed by atoms with Crippen LogP contribution >= 0.6 is 0 Å². The predicted molar refractivity (Wildman–Crippen MR) is 200 cm³/mol. The summed E-state index contributed by atoms with van der Waals surface area (Å²) in [6.07, 6.45) is 4.79. The van der Waals surface area contributed by atoms with Crippen molar-refractivity contribution in [1.29, 1.82) is 0 Å². The number of hydrogen-bond donors (Lipinski definition) is 1. The van der Waals surface area contributed by atoms with Crippen molar-refractivity contribution in [1.82, 2.24) is 18.8 Å². The maximum absolute atomic E-state index is 14.1. The van der Waals surface area contributed by atoms with Crippen LogP contribution in [-0.2, 0) is 27.9 Å². The predicted octanol–water partition coefficient (Wildman–Crippen LogP) is 3.62. The summed E-state index contributed by atoms with van der Waals surface area (Å²) in [7, 11) is -0.174. The van der Waals surface area contributed by atoms with Gasteiger partial charge in [0, 0.05) is 68.6 Å². The lowest BCUT2D eigenvalue weighted by molar-refractivity contribution is 0.0731. The zero-order valence-corrected chi connectivity index (χ0v) is 31.8. The number of amides is 2. The molecule has 284 valence electrons. The second kappa shape index (κ2) is 14.0. The quantitative estimate of drug-likeness (QED) is 0.323. The van der Waals surface area contributed by atoms with Crippen LogP contribution in [0.3, 0.4) is 0 Å². The number of aryl methyl sites for hydroxylation is 2. The fraction of sp³-hybridized carbons (Fsp3) is 0.564. The second-order valence-corrected chi connectivity index (χ2v) is 17.3. The Morgan fingerprint density at radius 3 is 2.47 bits per heavy atom. The molecule has 2 unspecified atom stereocenters. The number of benzene rings is 2. The summed E-state index contributed by atoms with van der Waals surface area (Å²) in [6, 6.07) is 6.99. The summed E-state index contributed by atoms with van der Waals surface area (Å²) >= 11 is 0. The molecule has 2 amide bonds. The maximum Gasteiger partial charge on any atom is 0.341 e. The van der Waals surface area contributed by atoms with E-state index in [1.807, 2.05) is 6.92 Å². The Kier molecular flexibility index (Phi) is 9.53. The van der Waals surface area contributed by atoms with Crippen LogP contribution < -0.4 is 20.0 Å². The van der Waals surface area contributed by atoms with E-state index in [1.54, 1.807) is 18.1 Å². The van der Waals surface area contributed by atoms with Crippen molar-refractivity contribution in [3.05, 3.63) is 68.1 Å². The fourth-order valence-electron chi connectivity index (χ4n) is 9.01. The highest BCUT2D eigenvalue weighted by molar-refractivity contribution is 7.87. The lowest BCUT2D eigenvalue weighted by Gasteiger charge is -2.41. The van der Waals surface area contributed by atoms with E-state index in [9.17, 15) is 22.8 Å². The molecule has 3 atom stereocenters. The largest absolute Gasteiger partial charge is 0.490 e. The van der Waals surface area contributed by atoms with Gasteiger partial charge in [-0.3, -0.25) is 14.5 Å². The summed E-state index contributed by atoms with van der Waals surface area (Å²) < 4.78 is 47.3. The Bertz CT molecular complexity index is 2120. The first-order valence-corrected chi connectivity index (χ1v) is 20.3. The molecule has 0 spiro atoms. The number of rotatable bonds is 9. The van der Waals surface area contributed by atoms with E-state index in [4.69, 9.17) is 13.9 Å². The first kappa shape index (κ1) is 36.0. The molecule has 2 saturated carbocycles. The third kappa shape index (κ3) is 6.83. The second-order valence-electron chi connectivity index (χ2n) is 15.6. The molecule has 1 aromatic heterocycles. The van der Waals surface area contributed by atoms with Gasteiger partial charge >= 0.3 is 15.8 Å². The molecule has 3 aliphatic heterocycles. The number of methoxy groups -OCH3 is 1. The molecule has 1 N–H and O–H groups in total. The van der Waals surface area contributed by atoms with Gasteiger partial charge in [-0.15, -0.1) is 0 Å². The number of anilines is 1. The number of nitrogens with zero attached hydrogens (tertiary/aromatic N) is 4. The van der Waals surface area contributed by atoms with Crippen molar-refractivity contribution in [2.24, 2.45) is 11.8 Å². The number of piperazine rings is 1. The normalized spacial score (nSPS) is 24.7. The van der Waals surface area contributed by atoms with E-state index in [2.05, 4.69) is 34.6 Å². The van der Waals surface area contributed by atoms with Gasteiger partial charge in [0.1, 0.15) is 11.3 Å². The summed E-state index contributed by atoms with van der Waals surface area (Å²) in [5.74, 6) is 0.326. The molecule has 2 aromatic carbocycles. The van der Waals surface area contributed by atoms with Crippen molar-refractivity contribution in [3.63, 3.8) is 0 Å². The molecule has 8 rings (SSSR count). The van der Waals surface area contributed by atoms with E-state index in [-0.39, 0.29) is 35.9 Å². The third-order valence-electron chi connectivity index (χ3n) is 12.1. The number of ether oxygens (including phenoxy) is 2. The Hall–Kier alpha value is -3.98. The molecule has 13 nitrogen and oxygen atoms in total. The number of hydrogen-bond acceptors (Lipinski definition) is 10. The average Bonchev–Trinajstić information content (AvgIpc) is 3.46.